The predicted octanol–water partition coefficient (Wildman–Crippen LogP) is 3.94. The quantitative estimate of drug-likeness (QED) is 0.743. The van der Waals surface area contributed by atoms with Gasteiger partial charge in [-0.25, -0.2) is 4.79 Å². The van der Waals surface area contributed by atoms with Crippen LogP contribution in [0.1, 0.15) is 36.0 Å². The Hall–Kier alpha value is -1.83. The highest BCUT2D eigenvalue weighted by molar-refractivity contribution is 6.04. The second kappa shape index (κ2) is 4.81. The Bertz CT molecular complexity index is 563. The Balaban J connectivity index is 1.91. The topological polar surface area (TPSA) is 26.3 Å². The summed E-state index contributed by atoms with van der Waals surface area (Å²) in [6, 6.07) is 13.7. The first-order valence-corrected chi connectivity index (χ1v) is 6.53. The van der Waals surface area contributed by atoms with Crippen LogP contribution in [0.15, 0.2) is 42.5 Å². The number of carbonyl (C=O) groups is 1. The van der Waals surface area contributed by atoms with Gasteiger partial charge in [0.1, 0.15) is 6.10 Å². The van der Waals surface area contributed by atoms with Gasteiger partial charge >= 0.3 is 5.97 Å². The van der Waals surface area contributed by atoms with Gasteiger partial charge < -0.3 is 4.74 Å². The molecule has 1 aliphatic rings. The highest BCUT2D eigenvalue weighted by Crippen LogP contribution is 2.24. The molecular weight excluding hydrogens is 224 g/mol. The van der Waals surface area contributed by atoms with Crippen LogP contribution in [0, 0.1) is 0 Å². The summed E-state index contributed by atoms with van der Waals surface area (Å²) >= 11 is 0. The Labute approximate surface area is 107 Å². The van der Waals surface area contributed by atoms with Crippen molar-refractivity contribution in [3.05, 3.63) is 48.0 Å². The number of ether oxygens (including phenoxy) is 1. The maximum atomic E-state index is 12.2. The number of fused-ring (bicyclic) bond motifs is 1. The molecule has 0 unspecified atom stereocenters. The fourth-order valence-corrected chi connectivity index (χ4v) is 2.62. The van der Waals surface area contributed by atoms with Crippen LogP contribution < -0.4 is 0 Å². The molecule has 0 atom stereocenters. The van der Waals surface area contributed by atoms with Crippen molar-refractivity contribution in [3.8, 4) is 0 Å². The lowest BCUT2D eigenvalue weighted by Crippen LogP contribution is -2.14. The van der Waals surface area contributed by atoms with Gasteiger partial charge in [0, 0.05) is 0 Å². The number of benzene rings is 2. The molecule has 0 aromatic heterocycles. The lowest BCUT2D eigenvalue weighted by Gasteiger charge is -2.12. The van der Waals surface area contributed by atoms with E-state index in [4.69, 9.17) is 4.74 Å². The van der Waals surface area contributed by atoms with Crippen LogP contribution >= 0.6 is 0 Å². The van der Waals surface area contributed by atoms with E-state index in [2.05, 4.69) is 0 Å². The van der Waals surface area contributed by atoms with Gasteiger partial charge in [-0.15, -0.1) is 0 Å². The molecule has 92 valence electrons. The first-order chi connectivity index (χ1) is 8.84. The molecule has 0 bridgehead atoms. The molecule has 0 aliphatic heterocycles. The Morgan fingerprint density at radius 1 is 1.00 bits per heavy atom. The van der Waals surface area contributed by atoms with Gasteiger partial charge in [0.15, 0.2) is 0 Å². The van der Waals surface area contributed by atoms with Crippen molar-refractivity contribution in [3.63, 3.8) is 0 Å². The fourth-order valence-electron chi connectivity index (χ4n) is 2.62. The minimum absolute atomic E-state index is 0.122. The molecule has 2 heteroatoms. The van der Waals surface area contributed by atoms with Gasteiger partial charge in [-0.05, 0) is 42.5 Å². The van der Waals surface area contributed by atoms with Crippen LogP contribution in [-0.4, -0.2) is 12.1 Å². The minimum atomic E-state index is -0.182. The summed E-state index contributed by atoms with van der Waals surface area (Å²) in [5.74, 6) is -0.182. The van der Waals surface area contributed by atoms with E-state index in [1.165, 1.54) is 12.8 Å². The lowest BCUT2D eigenvalue weighted by molar-refractivity contribution is 0.0320. The first kappa shape index (κ1) is 11.3. The summed E-state index contributed by atoms with van der Waals surface area (Å²) in [5, 5.41) is 2.06. The lowest BCUT2D eigenvalue weighted by atomic mass is 10.0. The third kappa shape index (κ3) is 2.10. The van der Waals surface area contributed by atoms with E-state index in [-0.39, 0.29) is 12.1 Å². The van der Waals surface area contributed by atoms with Crippen LogP contribution in [0.4, 0.5) is 0 Å². The van der Waals surface area contributed by atoms with Crippen LogP contribution in [-0.2, 0) is 4.74 Å². The van der Waals surface area contributed by atoms with Crippen molar-refractivity contribution in [1.29, 1.82) is 0 Å². The zero-order valence-corrected chi connectivity index (χ0v) is 10.3. The minimum Gasteiger partial charge on any atom is -0.459 e. The largest absolute Gasteiger partial charge is 0.459 e. The molecule has 0 radical (unpaired) electrons. The number of rotatable bonds is 2. The molecule has 1 fully saturated rings. The summed E-state index contributed by atoms with van der Waals surface area (Å²) in [6.45, 7) is 0. The molecule has 0 saturated heterocycles. The van der Waals surface area contributed by atoms with Crippen LogP contribution in [0.2, 0.25) is 0 Å². The number of hydrogen-bond acceptors (Lipinski definition) is 2. The van der Waals surface area contributed by atoms with Crippen LogP contribution in [0.25, 0.3) is 10.8 Å². The molecule has 0 spiro atoms. The summed E-state index contributed by atoms with van der Waals surface area (Å²) in [6.07, 6.45) is 4.49. The van der Waals surface area contributed by atoms with E-state index < -0.39 is 0 Å². The van der Waals surface area contributed by atoms with Crippen molar-refractivity contribution in [2.24, 2.45) is 0 Å². The van der Waals surface area contributed by atoms with Crippen molar-refractivity contribution in [1.82, 2.24) is 0 Å². The van der Waals surface area contributed by atoms with E-state index in [1.807, 2.05) is 42.5 Å². The highest BCUT2D eigenvalue weighted by atomic mass is 16.5. The third-order valence-corrected chi connectivity index (χ3v) is 3.59. The van der Waals surface area contributed by atoms with E-state index in [0.29, 0.717) is 5.56 Å². The van der Waals surface area contributed by atoms with Crippen molar-refractivity contribution in [2.75, 3.05) is 0 Å². The summed E-state index contributed by atoms with van der Waals surface area (Å²) in [7, 11) is 0. The molecule has 0 heterocycles. The molecular formula is C16H16O2. The van der Waals surface area contributed by atoms with Gasteiger partial charge in [0.05, 0.1) is 5.56 Å². The molecule has 1 aliphatic carbocycles. The molecule has 2 aromatic carbocycles. The summed E-state index contributed by atoms with van der Waals surface area (Å²) < 4.78 is 5.57. The standard InChI is InChI=1S/C16H16O2/c17-16(18-13-8-2-3-9-13)15-11-5-7-12-6-1-4-10-14(12)15/h1,4-7,10-11,13H,2-3,8-9H2. The summed E-state index contributed by atoms with van der Waals surface area (Å²) in [4.78, 5) is 12.2. The van der Waals surface area contributed by atoms with E-state index in [0.717, 1.165) is 23.6 Å². The number of hydrogen-bond donors (Lipinski definition) is 0. The average Bonchev–Trinajstić information content (AvgIpc) is 2.91. The second-order valence-corrected chi connectivity index (χ2v) is 4.84. The maximum absolute atomic E-state index is 12.2. The van der Waals surface area contributed by atoms with Gasteiger partial charge in [0.25, 0.3) is 0 Å². The van der Waals surface area contributed by atoms with E-state index in [9.17, 15) is 4.79 Å². The summed E-state index contributed by atoms with van der Waals surface area (Å²) in [5.41, 5.74) is 0.681. The van der Waals surface area contributed by atoms with Gasteiger partial charge in [-0.2, -0.15) is 0 Å². The zero-order valence-electron chi connectivity index (χ0n) is 10.3. The second-order valence-electron chi connectivity index (χ2n) is 4.84. The van der Waals surface area contributed by atoms with Gasteiger partial charge in [-0.3, -0.25) is 0 Å². The number of esters is 1. The molecule has 0 amide bonds. The van der Waals surface area contributed by atoms with Crippen molar-refractivity contribution < 1.29 is 9.53 Å². The smallest absolute Gasteiger partial charge is 0.339 e. The molecule has 3 rings (SSSR count). The van der Waals surface area contributed by atoms with Crippen LogP contribution in [0.5, 0.6) is 0 Å². The zero-order chi connectivity index (χ0) is 12.4. The molecule has 2 nitrogen and oxygen atoms in total. The van der Waals surface area contributed by atoms with Crippen molar-refractivity contribution in [2.45, 2.75) is 31.8 Å². The molecule has 18 heavy (non-hydrogen) atoms. The van der Waals surface area contributed by atoms with Crippen molar-refractivity contribution >= 4 is 16.7 Å². The third-order valence-electron chi connectivity index (χ3n) is 3.59. The first-order valence-electron chi connectivity index (χ1n) is 6.53. The normalized spacial score (nSPS) is 16.0. The SMILES string of the molecule is O=C(OC1CCCC1)c1cccc2ccccc12. The fraction of sp³-hybridized carbons (Fsp3) is 0.312. The average molecular weight is 240 g/mol. The monoisotopic (exact) mass is 240 g/mol. The van der Waals surface area contributed by atoms with Gasteiger partial charge in [0.2, 0.25) is 0 Å². The van der Waals surface area contributed by atoms with E-state index in [1.54, 1.807) is 0 Å². The van der Waals surface area contributed by atoms with E-state index >= 15 is 0 Å². The Morgan fingerprint density at radius 3 is 2.56 bits per heavy atom. The maximum Gasteiger partial charge on any atom is 0.339 e. The number of carbonyl (C=O) groups excluding carboxylic acids is 1. The predicted molar refractivity (Wildman–Crippen MR) is 71.6 cm³/mol. The molecule has 1 saturated carbocycles. The van der Waals surface area contributed by atoms with Gasteiger partial charge in [-0.1, -0.05) is 36.4 Å². The highest BCUT2D eigenvalue weighted by Gasteiger charge is 2.20. The Morgan fingerprint density at radius 2 is 1.72 bits per heavy atom. The molecule has 2 aromatic rings. The van der Waals surface area contributed by atoms with Crippen LogP contribution in [0.3, 0.4) is 0 Å². The molecule has 0 N–H and O–H groups in total. The Kier molecular flexibility index (Phi) is 3.01.